The van der Waals surface area contributed by atoms with Gasteiger partial charge in [0.1, 0.15) is 0 Å². The Morgan fingerprint density at radius 3 is 2.60 bits per heavy atom. The third kappa shape index (κ3) is 1.62. The molecule has 1 saturated carbocycles. The Balaban J connectivity index is 2.45. The summed E-state index contributed by atoms with van der Waals surface area (Å²) in [6.07, 6.45) is 2.93. The topological polar surface area (TPSA) is 32.3 Å². The Bertz CT molecular complexity index is 99.8. The molecule has 60 valence electrons. The van der Waals surface area contributed by atoms with Crippen molar-refractivity contribution in [1.82, 2.24) is 4.84 Å². The van der Waals surface area contributed by atoms with E-state index < -0.39 is 0 Å². The van der Waals surface area contributed by atoms with E-state index >= 15 is 0 Å². The van der Waals surface area contributed by atoms with Crippen LogP contribution in [0.25, 0.3) is 0 Å². The zero-order valence-electron chi connectivity index (χ0n) is 6.18. The summed E-state index contributed by atoms with van der Waals surface area (Å²) in [5.74, 6) is 0.501. The maximum absolute atomic E-state index is 9.39. The van der Waals surface area contributed by atoms with Gasteiger partial charge in [0.2, 0.25) is 0 Å². The first kappa shape index (κ1) is 8.31. The Labute approximate surface area is 66.7 Å². The standard InChI is InChI=1S/C7H14ClNO/c1-5-3-2-4-6(10)7(5)9-8/h5-7,9-10H,2-4H2,1H3. The van der Waals surface area contributed by atoms with E-state index in [0.29, 0.717) is 5.92 Å². The van der Waals surface area contributed by atoms with Crippen molar-refractivity contribution in [3.8, 4) is 0 Å². The van der Waals surface area contributed by atoms with Gasteiger partial charge >= 0.3 is 0 Å². The van der Waals surface area contributed by atoms with E-state index in [-0.39, 0.29) is 12.1 Å². The fourth-order valence-electron chi connectivity index (χ4n) is 1.57. The molecule has 1 rings (SSSR count). The van der Waals surface area contributed by atoms with E-state index in [1.165, 1.54) is 6.42 Å². The summed E-state index contributed by atoms with van der Waals surface area (Å²) in [6, 6.07) is 0.0930. The van der Waals surface area contributed by atoms with Crippen LogP contribution in [0, 0.1) is 5.92 Å². The highest BCUT2D eigenvalue weighted by molar-refractivity contribution is 6.13. The van der Waals surface area contributed by atoms with Gasteiger partial charge in [0.05, 0.1) is 12.1 Å². The summed E-state index contributed by atoms with van der Waals surface area (Å²) in [7, 11) is 0. The van der Waals surface area contributed by atoms with Crippen molar-refractivity contribution in [2.75, 3.05) is 0 Å². The summed E-state index contributed by atoms with van der Waals surface area (Å²) < 4.78 is 0. The van der Waals surface area contributed by atoms with E-state index in [0.717, 1.165) is 12.8 Å². The quantitative estimate of drug-likeness (QED) is 0.571. The number of aliphatic hydroxyl groups is 1. The zero-order chi connectivity index (χ0) is 7.56. The average molecular weight is 164 g/mol. The molecule has 3 atom stereocenters. The number of nitrogens with one attached hydrogen (secondary N) is 1. The van der Waals surface area contributed by atoms with Crippen LogP contribution in [0.5, 0.6) is 0 Å². The Morgan fingerprint density at radius 2 is 2.20 bits per heavy atom. The highest BCUT2D eigenvalue weighted by atomic mass is 35.5. The Kier molecular flexibility index (Phi) is 2.96. The van der Waals surface area contributed by atoms with Crippen molar-refractivity contribution in [3.63, 3.8) is 0 Å². The van der Waals surface area contributed by atoms with Crippen LogP contribution in [0.15, 0.2) is 0 Å². The van der Waals surface area contributed by atoms with Crippen LogP contribution in [-0.2, 0) is 0 Å². The molecule has 0 aliphatic heterocycles. The van der Waals surface area contributed by atoms with Gasteiger partial charge in [-0.05, 0) is 30.5 Å². The monoisotopic (exact) mass is 163 g/mol. The molecular formula is C7H14ClNO. The number of hydrogen-bond acceptors (Lipinski definition) is 2. The molecule has 2 N–H and O–H groups in total. The largest absolute Gasteiger partial charge is 0.391 e. The molecule has 0 aromatic heterocycles. The van der Waals surface area contributed by atoms with Gasteiger partial charge in [-0.1, -0.05) is 13.3 Å². The molecule has 0 heterocycles. The second-order valence-corrected chi connectivity index (χ2v) is 3.33. The van der Waals surface area contributed by atoms with Crippen LogP contribution in [-0.4, -0.2) is 17.3 Å². The molecule has 3 heteroatoms. The van der Waals surface area contributed by atoms with Crippen molar-refractivity contribution < 1.29 is 5.11 Å². The minimum absolute atomic E-state index is 0.0930. The average Bonchev–Trinajstić information content (AvgIpc) is 1.88. The van der Waals surface area contributed by atoms with E-state index in [4.69, 9.17) is 11.8 Å². The molecule has 0 spiro atoms. The lowest BCUT2D eigenvalue weighted by Gasteiger charge is -2.31. The van der Waals surface area contributed by atoms with E-state index in [9.17, 15) is 5.11 Å². The Morgan fingerprint density at radius 1 is 1.50 bits per heavy atom. The summed E-state index contributed by atoms with van der Waals surface area (Å²) in [5.41, 5.74) is 0. The number of hydrogen-bond donors (Lipinski definition) is 2. The fraction of sp³-hybridized carbons (Fsp3) is 1.00. The molecule has 2 nitrogen and oxygen atoms in total. The molecular weight excluding hydrogens is 150 g/mol. The van der Waals surface area contributed by atoms with Crippen molar-refractivity contribution in [2.45, 2.75) is 38.3 Å². The van der Waals surface area contributed by atoms with Crippen molar-refractivity contribution >= 4 is 11.8 Å². The zero-order valence-corrected chi connectivity index (χ0v) is 6.93. The van der Waals surface area contributed by atoms with Crippen molar-refractivity contribution in [3.05, 3.63) is 0 Å². The predicted octanol–water partition coefficient (Wildman–Crippen LogP) is 1.28. The first-order valence-corrected chi connectivity index (χ1v) is 4.17. The van der Waals surface area contributed by atoms with Gasteiger partial charge in [-0.2, -0.15) is 0 Å². The van der Waals surface area contributed by atoms with Crippen molar-refractivity contribution in [2.24, 2.45) is 5.92 Å². The lowest BCUT2D eigenvalue weighted by molar-refractivity contribution is 0.0743. The third-order valence-electron chi connectivity index (χ3n) is 2.31. The van der Waals surface area contributed by atoms with Crippen LogP contribution in [0.4, 0.5) is 0 Å². The summed E-state index contributed by atoms with van der Waals surface area (Å²) in [6.45, 7) is 2.11. The Hall–Kier alpha value is 0.210. The number of aliphatic hydroxyl groups excluding tert-OH is 1. The number of rotatable bonds is 1. The molecule has 0 aromatic rings. The van der Waals surface area contributed by atoms with Crippen molar-refractivity contribution in [1.29, 1.82) is 0 Å². The fourth-order valence-corrected chi connectivity index (χ4v) is 1.93. The van der Waals surface area contributed by atoms with Crippen LogP contribution >= 0.6 is 11.8 Å². The summed E-state index contributed by atoms with van der Waals surface area (Å²) in [4.78, 5) is 2.63. The molecule has 0 bridgehead atoms. The smallest absolute Gasteiger partial charge is 0.0708 e. The second-order valence-electron chi connectivity index (χ2n) is 3.11. The van der Waals surface area contributed by atoms with Gasteiger partial charge < -0.3 is 5.11 Å². The van der Waals surface area contributed by atoms with Gasteiger partial charge in [0, 0.05) is 0 Å². The summed E-state index contributed by atoms with van der Waals surface area (Å²) in [5, 5.41) is 9.39. The number of halogens is 1. The normalized spacial score (nSPS) is 41.7. The molecule has 3 unspecified atom stereocenters. The van der Waals surface area contributed by atoms with Gasteiger partial charge in [0.15, 0.2) is 0 Å². The summed E-state index contributed by atoms with van der Waals surface area (Å²) >= 11 is 5.46. The molecule has 10 heavy (non-hydrogen) atoms. The van der Waals surface area contributed by atoms with Crippen LogP contribution < -0.4 is 4.84 Å². The first-order valence-electron chi connectivity index (χ1n) is 3.80. The van der Waals surface area contributed by atoms with E-state index in [1.54, 1.807) is 0 Å². The lowest BCUT2D eigenvalue weighted by atomic mass is 9.84. The molecule has 1 aliphatic rings. The van der Waals surface area contributed by atoms with Crippen LogP contribution in [0.1, 0.15) is 26.2 Å². The molecule has 1 aliphatic carbocycles. The highest BCUT2D eigenvalue weighted by Crippen LogP contribution is 2.24. The highest BCUT2D eigenvalue weighted by Gasteiger charge is 2.28. The van der Waals surface area contributed by atoms with E-state index in [1.807, 2.05) is 0 Å². The SMILES string of the molecule is CC1CCCC(O)C1NCl. The van der Waals surface area contributed by atoms with Gasteiger partial charge in [-0.15, -0.1) is 0 Å². The van der Waals surface area contributed by atoms with Crippen LogP contribution in [0.3, 0.4) is 0 Å². The maximum atomic E-state index is 9.39. The second kappa shape index (κ2) is 3.56. The van der Waals surface area contributed by atoms with Crippen LogP contribution in [0.2, 0.25) is 0 Å². The minimum Gasteiger partial charge on any atom is -0.391 e. The molecule has 0 aromatic carbocycles. The van der Waals surface area contributed by atoms with E-state index in [2.05, 4.69) is 11.8 Å². The van der Waals surface area contributed by atoms with Gasteiger partial charge in [0.25, 0.3) is 0 Å². The van der Waals surface area contributed by atoms with Gasteiger partial charge in [-0.25, -0.2) is 4.84 Å². The molecule has 1 fully saturated rings. The molecule has 0 saturated heterocycles. The molecule has 0 radical (unpaired) electrons. The lowest BCUT2D eigenvalue weighted by Crippen LogP contribution is -2.43. The maximum Gasteiger partial charge on any atom is 0.0708 e. The van der Waals surface area contributed by atoms with Gasteiger partial charge in [-0.3, -0.25) is 0 Å². The minimum atomic E-state index is -0.249. The third-order valence-corrected chi connectivity index (χ3v) is 2.56. The molecule has 0 amide bonds. The first-order chi connectivity index (χ1) is 4.75. The predicted molar refractivity (Wildman–Crippen MR) is 41.8 cm³/mol.